The van der Waals surface area contributed by atoms with Gasteiger partial charge in [0.15, 0.2) is 0 Å². The molecule has 3 amide bonds. The predicted molar refractivity (Wildman–Crippen MR) is 76.4 cm³/mol. The Labute approximate surface area is 113 Å². The van der Waals surface area contributed by atoms with Gasteiger partial charge >= 0.3 is 6.03 Å². The number of carbonyl (C=O) groups is 2. The molecule has 0 radical (unpaired) electrons. The van der Waals surface area contributed by atoms with Crippen LogP contribution in [0.3, 0.4) is 0 Å². The third kappa shape index (κ3) is 3.58. The van der Waals surface area contributed by atoms with E-state index in [1.807, 2.05) is 0 Å². The number of anilines is 1. The number of carbonyl (C=O) groups excluding carboxylic acids is 2. The van der Waals surface area contributed by atoms with Crippen molar-refractivity contribution in [2.75, 3.05) is 26.0 Å². The molecule has 1 aromatic rings. The maximum absolute atomic E-state index is 11.9. The molecule has 0 unspecified atom stereocenters. The summed E-state index contributed by atoms with van der Waals surface area (Å²) in [5.41, 5.74) is 1.91. The second-order valence-corrected chi connectivity index (χ2v) is 4.16. The van der Waals surface area contributed by atoms with Gasteiger partial charge in [0, 0.05) is 31.9 Å². The Morgan fingerprint density at radius 2 is 2.11 bits per heavy atom. The maximum Gasteiger partial charge on any atom is 0.321 e. The van der Waals surface area contributed by atoms with E-state index >= 15 is 0 Å². The van der Waals surface area contributed by atoms with Crippen molar-refractivity contribution in [3.05, 3.63) is 42.0 Å². The van der Waals surface area contributed by atoms with Gasteiger partial charge in [-0.25, -0.2) is 4.79 Å². The lowest BCUT2D eigenvalue weighted by Gasteiger charge is -2.17. The fraction of sp³-hybridized carbons (Fsp3) is 0.286. The van der Waals surface area contributed by atoms with Crippen LogP contribution in [0.1, 0.15) is 15.9 Å². The second kappa shape index (κ2) is 6.58. The molecule has 1 rings (SSSR count). The van der Waals surface area contributed by atoms with Gasteiger partial charge in [0.05, 0.1) is 0 Å². The Morgan fingerprint density at radius 1 is 1.42 bits per heavy atom. The average molecular weight is 261 g/mol. The van der Waals surface area contributed by atoms with Crippen molar-refractivity contribution in [2.45, 2.75) is 6.92 Å². The summed E-state index contributed by atoms with van der Waals surface area (Å²) in [6.45, 7) is 5.84. The first kappa shape index (κ1) is 14.8. The number of nitrogens with one attached hydrogen (secondary N) is 2. The average Bonchev–Trinajstić information content (AvgIpc) is 2.40. The molecule has 19 heavy (non-hydrogen) atoms. The van der Waals surface area contributed by atoms with Gasteiger partial charge in [-0.1, -0.05) is 12.1 Å². The van der Waals surface area contributed by atoms with Crippen molar-refractivity contribution in [2.24, 2.45) is 0 Å². The van der Waals surface area contributed by atoms with Crippen LogP contribution >= 0.6 is 0 Å². The Kier molecular flexibility index (Phi) is 5.11. The molecule has 5 nitrogen and oxygen atoms in total. The summed E-state index contributed by atoms with van der Waals surface area (Å²) in [4.78, 5) is 25.0. The highest BCUT2D eigenvalue weighted by molar-refractivity contribution is 5.98. The minimum absolute atomic E-state index is 0.173. The molecule has 0 saturated carbocycles. The molecule has 102 valence electrons. The number of amides is 3. The third-order valence-corrected chi connectivity index (χ3v) is 2.80. The molecule has 0 saturated heterocycles. The smallest absolute Gasteiger partial charge is 0.321 e. The highest BCUT2D eigenvalue weighted by atomic mass is 16.2. The summed E-state index contributed by atoms with van der Waals surface area (Å²) in [6.07, 6.45) is 1.65. The van der Waals surface area contributed by atoms with Crippen LogP contribution in [0.25, 0.3) is 0 Å². The quantitative estimate of drug-likeness (QED) is 0.814. The normalized spacial score (nSPS) is 9.63. The number of benzene rings is 1. The van der Waals surface area contributed by atoms with E-state index in [2.05, 4.69) is 17.2 Å². The molecule has 0 bridgehead atoms. The van der Waals surface area contributed by atoms with Gasteiger partial charge in [0.25, 0.3) is 5.91 Å². The van der Waals surface area contributed by atoms with Crippen LogP contribution in [0, 0.1) is 6.92 Å². The van der Waals surface area contributed by atoms with Gasteiger partial charge in [-0.05, 0) is 24.6 Å². The maximum atomic E-state index is 11.9. The number of likely N-dealkylation sites (N-methyl/N-ethyl adjacent to an activating group) is 1. The van der Waals surface area contributed by atoms with Crippen LogP contribution in [0.4, 0.5) is 10.5 Å². The third-order valence-electron chi connectivity index (χ3n) is 2.80. The van der Waals surface area contributed by atoms with Gasteiger partial charge in [0.2, 0.25) is 0 Å². The molecular weight excluding hydrogens is 242 g/mol. The Bertz CT molecular complexity index is 497. The zero-order chi connectivity index (χ0) is 14.4. The largest absolute Gasteiger partial charge is 0.355 e. The topological polar surface area (TPSA) is 61.4 Å². The minimum Gasteiger partial charge on any atom is -0.355 e. The van der Waals surface area contributed by atoms with E-state index in [0.29, 0.717) is 17.8 Å². The summed E-state index contributed by atoms with van der Waals surface area (Å²) in [6, 6.07) is 4.98. The van der Waals surface area contributed by atoms with Crippen LogP contribution in [-0.2, 0) is 0 Å². The number of hydrogen-bond donors (Lipinski definition) is 2. The molecule has 5 heteroatoms. The molecule has 0 spiro atoms. The van der Waals surface area contributed by atoms with E-state index in [-0.39, 0.29) is 11.9 Å². The van der Waals surface area contributed by atoms with Crippen LogP contribution in [0.15, 0.2) is 30.9 Å². The van der Waals surface area contributed by atoms with Gasteiger partial charge in [0.1, 0.15) is 0 Å². The molecule has 0 fully saturated rings. The van der Waals surface area contributed by atoms with Crippen molar-refractivity contribution in [3.8, 4) is 0 Å². The standard InChI is InChI=1S/C14H19N3O2/c1-5-9-17(4)14(19)16-12-8-6-7-11(10(12)2)13(18)15-3/h5-8H,1,9H2,2-4H3,(H,15,18)(H,16,19). The lowest BCUT2D eigenvalue weighted by molar-refractivity contribution is 0.0962. The van der Waals surface area contributed by atoms with E-state index in [1.54, 1.807) is 45.3 Å². The van der Waals surface area contributed by atoms with Gasteiger partial charge in [-0.2, -0.15) is 0 Å². The molecule has 0 aromatic heterocycles. The molecular formula is C14H19N3O2. The molecule has 0 aliphatic carbocycles. The second-order valence-electron chi connectivity index (χ2n) is 4.16. The fourth-order valence-corrected chi connectivity index (χ4v) is 1.64. The Hall–Kier alpha value is -2.30. The van der Waals surface area contributed by atoms with Crippen molar-refractivity contribution in [1.29, 1.82) is 0 Å². The van der Waals surface area contributed by atoms with Crippen LogP contribution in [0.5, 0.6) is 0 Å². The zero-order valence-corrected chi connectivity index (χ0v) is 11.5. The zero-order valence-electron chi connectivity index (χ0n) is 11.5. The van der Waals surface area contributed by atoms with E-state index in [4.69, 9.17) is 0 Å². The number of rotatable bonds is 4. The molecule has 2 N–H and O–H groups in total. The lowest BCUT2D eigenvalue weighted by Crippen LogP contribution is -2.31. The molecule has 1 aromatic carbocycles. The van der Waals surface area contributed by atoms with Crippen molar-refractivity contribution in [3.63, 3.8) is 0 Å². The highest BCUT2D eigenvalue weighted by Gasteiger charge is 2.13. The first-order valence-corrected chi connectivity index (χ1v) is 5.96. The van der Waals surface area contributed by atoms with E-state index in [0.717, 1.165) is 5.56 Å². The predicted octanol–water partition coefficient (Wildman–Crippen LogP) is 2.00. The fourth-order valence-electron chi connectivity index (χ4n) is 1.64. The first-order valence-electron chi connectivity index (χ1n) is 5.96. The summed E-state index contributed by atoms with van der Waals surface area (Å²) < 4.78 is 0. The van der Waals surface area contributed by atoms with E-state index < -0.39 is 0 Å². The number of urea groups is 1. The van der Waals surface area contributed by atoms with E-state index in [9.17, 15) is 9.59 Å². The van der Waals surface area contributed by atoms with Crippen LogP contribution < -0.4 is 10.6 Å². The first-order chi connectivity index (χ1) is 9.01. The SMILES string of the molecule is C=CCN(C)C(=O)Nc1cccc(C(=O)NC)c1C. The van der Waals surface area contributed by atoms with Crippen LogP contribution in [-0.4, -0.2) is 37.5 Å². The number of hydrogen-bond acceptors (Lipinski definition) is 2. The Morgan fingerprint density at radius 3 is 2.68 bits per heavy atom. The van der Waals surface area contributed by atoms with Gasteiger partial charge in [-0.3, -0.25) is 4.79 Å². The molecule has 0 atom stereocenters. The summed E-state index contributed by atoms with van der Waals surface area (Å²) >= 11 is 0. The summed E-state index contributed by atoms with van der Waals surface area (Å²) in [5.74, 6) is -0.173. The monoisotopic (exact) mass is 261 g/mol. The molecule has 0 heterocycles. The Balaban J connectivity index is 2.93. The van der Waals surface area contributed by atoms with Crippen molar-refractivity contribution < 1.29 is 9.59 Å². The molecule has 0 aliphatic rings. The van der Waals surface area contributed by atoms with Crippen molar-refractivity contribution >= 4 is 17.6 Å². The van der Waals surface area contributed by atoms with E-state index in [1.165, 1.54) is 4.90 Å². The molecule has 0 aliphatic heterocycles. The minimum atomic E-state index is -0.239. The van der Waals surface area contributed by atoms with Crippen molar-refractivity contribution in [1.82, 2.24) is 10.2 Å². The van der Waals surface area contributed by atoms with Gasteiger partial charge in [-0.15, -0.1) is 6.58 Å². The van der Waals surface area contributed by atoms with Gasteiger partial charge < -0.3 is 15.5 Å². The van der Waals surface area contributed by atoms with Crippen LogP contribution in [0.2, 0.25) is 0 Å². The summed E-state index contributed by atoms with van der Waals surface area (Å²) in [5, 5.41) is 5.34. The summed E-state index contributed by atoms with van der Waals surface area (Å²) in [7, 11) is 3.25. The highest BCUT2D eigenvalue weighted by Crippen LogP contribution is 2.19. The lowest BCUT2D eigenvalue weighted by atomic mass is 10.1. The number of nitrogens with zero attached hydrogens (tertiary/aromatic N) is 1.